The lowest BCUT2D eigenvalue weighted by atomic mass is 9.98. The zero-order chi connectivity index (χ0) is 12.4. The molecule has 1 saturated carbocycles. The molecule has 1 atom stereocenters. The van der Waals surface area contributed by atoms with Crippen molar-refractivity contribution in [3.05, 3.63) is 0 Å². The third-order valence-corrected chi connectivity index (χ3v) is 5.23. The fourth-order valence-electron chi connectivity index (χ4n) is 1.93. The molecule has 0 aromatic heterocycles. The molecule has 1 aliphatic carbocycles. The first-order chi connectivity index (χ1) is 7.39. The predicted octanol–water partition coefficient (Wildman–Crippen LogP) is 0.290. The van der Waals surface area contributed by atoms with Crippen molar-refractivity contribution in [3.63, 3.8) is 0 Å². The van der Waals surface area contributed by atoms with E-state index in [0.717, 1.165) is 12.8 Å². The third kappa shape index (κ3) is 2.94. The van der Waals surface area contributed by atoms with E-state index in [4.69, 9.17) is 5.73 Å². The van der Waals surface area contributed by atoms with Gasteiger partial charge in [-0.05, 0) is 25.7 Å². The van der Waals surface area contributed by atoms with Gasteiger partial charge in [0.25, 0.3) is 10.2 Å². The fraction of sp³-hybridized carbons (Fsp3) is 1.00. The van der Waals surface area contributed by atoms with E-state index in [1.54, 1.807) is 0 Å². The first kappa shape index (κ1) is 13.9. The Kier molecular flexibility index (Phi) is 4.34. The van der Waals surface area contributed by atoms with Gasteiger partial charge in [0.05, 0.1) is 0 Å². The van der Waals surface area contributed by atoms with Crippen molar-refractivity contribution >= 4 is 10.2 Å². The molecule has 1 rings (SSSR count). The molecule has 3 N–H and O–H groups in total. The second-order valence-electron chi connectivity index (χ2n) is 4.59. The smallest absolute Gasteiger partial charge is 0.279 e. The van der Waals surface area contributed by atoms with E-state index in [2.05, 4.69) is 4.72 Å². The lowest BCUT2D eigenvalue weighted by Gasteiger charge is -2.32. The summed E-state index contributed by atoms with van der Waals surface area (Å²) < 4.78 is 28.3. The van der Waals surface area contributed by atoms with Crippen LogP contribution in [0.4, 0.5) is 0 Å². The highest BCUT2D eigenvalue weighted by molar-refractivity contribution is 7.87. The van der Waals surface area contributed by atoms with Crippen LogP contribution in [0.3, 0.4) is 0 Å². The van der Waals surface area contributed by atoms with Crippen molar-refractivity contribution < 1.29 is 8.42 Å². The average molecular weight is 249 g/mol. The Morgan fingerprint density at radius 2 is 1.88 bits per heavy atom. The molecule has 16 heavy (non-hydrogen) atoms. The Morgan fingerprint density at radius 3 is 2.19 bits per heavy atom. The van der Waals surface area contributed by atoms with E-state index in [-0.39, 0.29) is 0 Å². The molecule has 0 aromatic carbocycles. The van der Waals surface area contributed by atoms with Gasteiger partial charge < -0.3 is 5.73 Å². The van der Waals surface area contributed by atoms with E-state index < -0.39 is 15.7 Å². The lowest BCUT2D eigenvalue weighted by molar-refractivity contribution is 0.349. The summed E-state index contributed by atoms with van der Waals surface area (Å²) >= 11 is 0. The lowest BCUT2D eigenvalue weighted by Crippen LogP contribution is -2.56. The van der Waals surface area contributed by atoms with Crippen molar-refractivity contribution in [2.45, 2.75) is 39.2 Å². The van der Waals surface area contributed by atoms with Crippen molar-refractivity contribution in [1.29, 1.82) is 0 Å². The van der Waals surface area contributed by atoms with Crippen molar-refractivity contribution in [2.75, 3.05) is 19.6 Å². The predicted molar refractivity (Wildman–Crippen MR) is 65.2 cm³/mol. The molecular formula is C10H23N3O2S. The normalized spacial score (nSPS) is 21.1. The molecular weight excluding hydrogens is 226 g/mol. The molecule has 1 unspecified atom stereocenters. The fourth-order valence-corrected chi connectivity index (χ4v) is 3.58. The van der Waals surface area contributed by atoms with Crippen LogP contribution in [-0.4, -0.2) is 37.9 Å². The first-order valence-corrected chi connectivity index (χ1v) is 7.32. The van der Waals surface area contributed by atoms with Gasteiger partial charge in [-0.15, -0.1) is 0 Å². The van der Waals surface area contributed by atoms with E-state index in [1.807, 2.05) is 20.8 Å². The summed E-state index contributed by atoms with van der Waals surface area (Å²) in [4.78, 5) is 0. The Morgan fingerprint density at radius 1 is 1.38 bits per heavy atom. The molecule has 0 spiro atoms. The molecule has 0 saturated heterocycles. The Balaban J connectivity index is 2.77. The van der Waals surface area contributed by atoms with Crippen LogP contribution >= 0.6 is 0 Å². The molecule has 0 amide bonds. The monoisotopic (exact) mass is 249 g/mol. The largest absolute Gasteiger partial charge is 0.329 e. The highest BCUT2D eigenvalue weighted by atomic mass is 32.2. The number of nitrogens with zero attached hydrogens (tertiary/aromatic N) is 1. The Bertz CT molecular complexity index is 323. The molecule has 0 heterocycles. The van der Waals surface area contributed by atoms with E-state index >= 15 is 0 Å². The van der Waals surface area contributed by atoms with Gasteiger partial charge >= 0.3 is 0 Å². The molecule has 1 fully saturated rings. The van der Waals surface area contributed by atoms with Crippen molar-refractivity contribution in [2.24, 2.45) is 11.7 Å². The number of rotatable bonds is 7. The standard InChI is InChI=1S/C10H23N3O2S/c1-4-13(5-2)16(14,15)12-10(3,8-11)9-6-7-9/h9,12H,4-8,11H2,1-3H3. The van der Waals surface area contributed by atoms with E-state index in [9.17, 15) is 8.42 Å². The molecule has 96 valence electrons. The molecule has 0 radical (unpaired) electrons. The third-order valence-electron chi connectivity index (χ3n) is 3.31. The van der Waals surface area contributed by atoms with Crippen LogP contribution in [0.5, 0.6) is 0 Å². The van der Waals surface area contributed by atoms with Crippen LogP contribution in [-0.2, 0) is 10.2 Å². The summed E-state index contributed by atoms with van der Waals surface area (Å²) in [5, 5.41) is 0. The summed E-state index contributed by atoms with van der Waals surface area (Å²) in [6.07, 6.45) is 2.13. The van der Waals surface area contributed by atoms with Gasteiger partial charge in [0.1, 0.15) is 0 Å². The van der Waals surface area contributed by atoms with Gasteiger partial charge in [-0.25, -0.2) is 0 Å². The molecule has 6 heteroatoms. The SMILES string of the molecule is CCN(CC)S(=O)(=O)NC(C)(CN)C1CC1. The molecule has 0 aliphatic heterocycles. The minimum Gasteiger partial charge on any atom is -0.329 e. The highest BCUT2D eigenvalue weighted by Gasteiger charge is 2.43. The van der Waals surface area contributed by atoms with Crippen molar-refractivity contribution in [1.82, 2.24) is 9.03 Å². The summed E-state index contributed by atoms with van der Waals surface area (Å²) in [6, 6.07) is 0. The summed E-state index contributed by atoms with van der Waals surface area (Å²) in [5.74, 6) is 0.392. The first-order valence-electron chi connectivity index (χ1n) is 5.88. The van der Waals surface area contributed by atoms with Crippen LogP contribution in [0.25, 0.3) is 0 Å². The van der Waals surface area contributed by atoms with Gasteiger partial charge in [-0.3, -0.25) is 0 Å². The molecule has 1 aliphatic rings. The topological polar surface area (TPSA) is 75.4 Å². The second kappa shape index (κ2) is 5.00. The Labute approximate surface area is 98.6 Å². The van der Waals surface area contributed by atoms with Crippen LogP contribution in [0.15, 0.2) is 0 Å². The summed E-state index contributed by atoms with van der Waals surface area (Å²) in [7, 11) is -3.39. The number of nitrogens with one attached hydrogen (secondary N) is 1. The van der Waals surface area contributed by atoms with Crippen LogP contribution in [0.2, 0.25) is 0 Å². The average Bonchev–Trinajstić information content (AvgIpc) is 3.01. The maximum absolute atomic E-state index is 12.1. The minimum absolute atomic E-state index is 0.345. The van der Waals surface area contributed by atoms with Gasteiger partial charge in [0.2, 0.25) is 0 Å². The van der Waals surface area contributed by atoms with Crippen molar-refractivity contribution in [3.8, 4) is 0 Å². The van der Waals surface area contributed by atoms with Crippen LogP contribution in [0, 0.1) is 5.92 Å². The molecule has 5 nitrogen and oxygen atoms in total. The molecule has 0 bridgehead atoms. The quantitative estimate of drug-likeness (QED) is 0.681. The zero-order valence-electron chi connectivity index (χ0n) is 10.4. The molecule has 0 aromatic rings. The number of hydrogen-bond acceptors (Lipinski definition) is 3. The Hall–Kier alpha value is -0.170. The van der Waals surface area contributed by atoms with Crippen LogP contribution in [0.1, 0.15) is 33.6 Å². The zero-order valence-corrected chi connectivity index (χ0v) is 11.2. The summed E-state index contributed by atoms with van der Waals surface area (Å²) in [6.45, 7) is 6.87. The van der Waals surface area contributed by atoms with E-state index in [0.29, 0.717) is 25.6 Å². The van der Waals surface area contributed by atoms with Crippen LogP contribution < -0.4 is 10.5 Å². The van der Waals surface area contributed by atoms with E-state index in [1.165, 1.54) is 4.31 Å². The summed E-state index contributed by atoms with van der Waals surface area (Å²) in [5.41, 5.74) is 5.21. The van der Waals surface area contributed by atoms with Gasteiger partial charge in [-0.1, -0.05) is 13.8 Å². The maximum atomic E-state index is 12.1. The van der Waals surface area contributed by atoms with Gasteiger partial charge in [-0.2, -0.15) is 17.4 Å². The number of nitrogens with two attached hydrogens (primary N) is 1. The van der Waals surface area contributed by atoms with Gasteiger partial charge in [0, 0.05) is 25.2 Å². The highest BCUT2D eigenvalue weighted by Crippen LogP contribution is 2.39. The number of hydrogen-bond donors (Lipinski definition) is 2. The second-order valence-corrected chi connectivity index (χ2v) is 6.26. The maximum Gasteiger partial charge on any atom is 0.279 e. The van der Waals surface area contributed by atoms with Gasteiger partial charge in [0.15, 0.2) is 0 Å². The minimum atomic E-state index is -3.39.